The summed E-state index contributed by atoms with van der Waals surface area (Å²) in [5.41, 5.74) is 3.04. The minimum Gasteiger partial charge on any atom is -0.289 e. The predicted molar refractivity (Wildman–Crippen MR) is 86.4 cm³/mol. The maximum absolute atomic E-state index is 13.0. The van der Waals surface area contributed by atoms with Gasteiger partial charge in [0.2, 0.25) is 0 Å². The molecule has 0 radical (unpaired) electrons. The van der Waals surface area contributed by atoms with Crippen molar-refractivity contribution in [2.24, 2.45) is 5.41 Å². The van der Waals surface area contributed by atoms with Crippen LogP contribution in [0.15, 0.2) is 47.8 Å². The third kappa shape index (κ3) is 2.51. The van der Waals surface area contributed by atoms with Crippen molar-refractivity contribution in [3.63, 3.8) is 0 Å². The van der Waals surface area contributed by atoms with Gasteiger partial charge in [-0.3, -0.25) is 9.78 Å². The average molecular weight is 279 g/mol. The fourth-order valence-corrected chi connectivity index (χ4v) is 3.49. The molecule has 21 heavy (non-hydrogen) atoms. The Morgan fingerprint density at radius 3 is 2.76 bits per heavy atom. The van der Waals surface area contributed by atoms with Crippen molar-refractivity contribution in [1.82, 2.24) is 4.98 Å². The largest absolute Gasteiger partial charge is 0.289 e. The second-order valence-corrected chi connectivity index (χ2v) is 6.66. The van der Waals surface area contributed by atoms with Crippen molar-refractivity contribution in [3.05, 3.63) is 53.4 Å². The Hall–Kier alpha value is -1.96. The first-order valence-corrected chi connectivity index (χ1v) is 7.58. The Labute approximate surface area is 125 Å². The number of benzene rings is 1. The highest BCUT2D eigenvalue weighted by Crippen LogP contribution is 2.41. The van der Waals surface area contributed by atoms with Gasteiger partial charge in [-0.1, -0.05) is 31.6 Å². The van der Waals surface area contributed by atoms with E-state index >= 15 is 0 Å². The second-order valence-electron chi connectivity index (χ2n) is 6.66. The number of pyridine rings is 1. The van der Waals surface area contributed by atoms with Gasteiger partial charge in [0.25, 0.3) is 0 Å². The summed E-state index contributed by atoms with van der Waals surface area (Å²) in [7, 11) is 0. The van der Waals surface area contributed by atoms with Crippen LogP contribution in [-0.2, 0) is 0 Å². The number of rotatable bonds is 2. The predicted octanol–water partition coefficient (Wildman–Crippen LogP) is 4.94. The number of fused-ring (bicyclic) bond motifs is 1. The Kier molecular flexibility index (Phi) is 3.40. The third-order valence-electron chi connectivity index (χ3n) is 4.59. The summed E-state index contributed by atoms with van der Waals surface area (Å²) in [5.74, 6) is 0.191. The SMILES string of the molecule is CC1=C(C(=O)c2ccc3cnccc3c2)C(C)(C)CCC1. The van der Waals surface area contributed by atoms with Gasteiger partial charge in [-0.05, 0) is 49.1 Å². The van der Waals surface area contributed by atoms with E-state index in [1.165, 1.54) is 12.0 Å². The van der Waals surface area contributed by atoms with E-state index in [0.717, 1.165) is 34.8 Å². The number of ketones is 1. The first-order chi connectivity index (χ1) is 9.99. The Morgan fingerprint density at radius 2 is 2.00 bits per heavy atom. The Balaban J connectivity index is 2.07. The van der Waals surface area contributed by atoms with Gasteiger partial charge in [0, 0.05) is 28.9 Å². The number of hydrogen-bond donors (Lipinski definition) is 0. The fraction of sp³-hybridized carbons (Fsp3) is 0.368. The molecule has 0 saturated heterocycles. The van der Waals surface area contributed by atoms with E-state index < -0.39 is 0 Å². The molecule has 1 heterocycles. The van der Waals surface area contributed by atoms with Crippen molar-refractivity contribution >= 4 is 16.6 Å². The van der Waals surface area contributed by atoms with E-state index in [2.05, 4.69) is 25.8 Å². The van der Waals surface area contributed by atoms with Gasteiger partial charge < -0.3 is 0 Å². The van der Waals surface area contributed by atoms with Crippen LogP contribution in [0.3, 0.4) is 0 Å². The number of nitrogens with zero attached hydrogens (tertiary/aromatic N) is 1. The molecule has 0 unspecified atom stereocenters. The van der Waals surface area contributed by atoms with E-state index in [-0.39, 0.29) is 11.2 Å². The molecule has 0 saturated carbocycles. The minimum absolute atomic E-state index is 0.0212. The van der Waals surface area contributed by atoms with Crippen molar-refractivity contribution in [3.8, 4) is 0 Å². The van der Waals surface area contributed by atoms with Gasteiger partial charge >= 0.3 is 0 Å². The van der Waals surface area contributed by atoms with Gasteiger partial charge in [0.15, 0.2) is 5.78 Å². The number of aromatic nitrogens is 1. The number of allylic oxidation sites excluding steroid dienone is 2. The normalized spacial score (nSPS) is 18.0. The van der Waals surface area contributed by atoms with E-state index in [4.69, 9.17) is 0 Å². The summed E-state index contributed by atoms with van der Waals surface area (Å²) in [6, 6.07) is 7.86. The molecule has 108 valence electrons. The van der Waals surface area contributed by atoms with Gasteiger partial charge in [0.05, 0.1) is 0 Å². The van der Waals surface area contributed by atoms with Gasteiger partial charge in [0.1, 0.15) is 0 Å². The first-order valence-electron chi connectivity index (χ1n) is 7.58. The van der Waals surface area contributed by atoms with Crippen molar-refractivity contribution < 1.29 is 4.79 Å². The quantitative estimate of drug-likeness (QED) is 0.728. The molecule has 0 amide bonds. The lowest BCUT2D eigenvalue weighted by atomic mass is 9.70. The zero-order valence-corrected chi connectivity index (χ0v) is 12.9. The minimum atomic E-state index is -0.0212. The van der Waals surface area contributed by atoms with Crippen LogP contribution in [0, 0.1) is 5.41 Å². The molecular weight excluding hydrogens is 258 g/mol. The van der Waals surface area contributed by atoms with E-state index in [1.807, 2.05) is 30.5 Å². The molecule has 0 atom stereocenters. The molecule has 0 bridgehead atoms. The molecule has 1 aromatic heterocycles. The molecular formula is C19H21NO. The smallest absolute Gasteiger partial charge is 0.189 e. The lowest BCUT2D eigenvalue weighted by Gasteiger charge is -2.33. The van der Waals surface area contributed by atoms with Crippen LogP contribution in [-0.4, -0.2) is 10.8 Å². The standard InChI is InChI=1S/C19H21NO/c1-13-5-4-9-19(2,3)17(13)18(21)15-6-7-16-12-20-10-8-14(16)11-15/h6-8,10-12H,4-5,9H2,1-3H3. The van der Waals surface area contributed by atoms with Crippen LogP contribution in [0.5, 0.6) is 0 Å². The Morgan fingerprint density at radius 1 is 1.19 bits per heavy atom. The van der Waals surface area contributed by atoms with E-state index in [9.17, 15) is 4.79 Å². The summed E-state index contributed by atoms with van der Waals surface area (Å²) < 4.78 is 0. The summed E-state index contributed by atoms with van der Waals surface area (Å²) in [5, 5.41) is 2.14. The van der Waals surface area contributed by atoms with Crippen LogP contribution >= 0.6 is 0 Å². The third-order valence-corrected chi connectivity index (χ3v) is 4.59. The summed E-state index contributed by atoms with van der Waals surface area (Å²) in [4.78, 5) is 17.1. The van der Waals surface area contributed by atoms with Crippen LogP contribution in [0.1, 0.15) is 50.4 Å². The number of carbonyl (C=O) groups excluding carboxylic acids is 1. The highest BCUT2D eigenvalue weighted by Gasteiger charge is 2.33. The second kappa shape index (κ2) is 5.10. The maximum atomic E-state index is 13.0. The maximum Gasteiger partial charge on any atom is 0.189 e. The van der Waals surface area contributed by atoms with Gasteiger partial charge in [-0.2, -0.15) is 0 Å². The van der Waals surface area contributed by atoms with Gasteiger partial charge in [-0.15, -0.1) is 0 Å². The molecule has 2 aromatic rings. The highest BCUT2D eigenvalue weighted by molar-refractivity contribution is 6.11. The molecule has 1 aliphatic rings. The highest BCUT2D eigenvalue weighted by atomic mass is 16.1. The zero-order valence-electron chi connectivity index (χ0n) is 12.9. The summed E-state index contributed by atoms with van der Waals surface area (Å²) in [6.07, 6.45) is 6.91. The first kappa shape index (κ1) is 14.0. The zero-order chi connectivity index (χ0) is 15.0. The van der Waals surface area contributed by atoms with Crippen LogP contribution in [0.2, 0.25) is 0 Å². The van der Waals surface area contributed by atoms with E-state index in [1.54, 1.807) is 6.20 Å². The van der Waals surface area contributed by atoms with Crippen molar-refractivity contribution in [1.29, 1.82) is 0 Å². The van der Waals surface area contributed by atoms with Crippen LogP contribution < -0.4 is 0 Å². The molecule has 2 heteroatoms. The lowest BCUT2D eigenvalue weighted by Crippen LogP contribution is -2.26. The molecule has 0 N–H and O–H groups in total. The fourth-order valence-electron chi connectivity index (χ4n) is 3.49. The number of hydrogen-bond acceptors (Lipinski definition) is 2. The Bertz CT molecular complexity index is 740. The molecule has 1 aliphatic carbocycles. The monoisotopic (exact) mass is 279 g/mol. The molecule has 0 fully saturated rings. The average Bonchev–Trinajstić information content (AvgIpc) is 2.45. The molecule has 3 rings (SSSR count). The lowest BCUT2D eigenvalue weighted by molar-refractivity contribution is 0.0998. The van der Waals surface area contributed by atoms with Crippen LogP contribution in [0.25, 0.3) is 10.8 Å². The molecule has 2 nitrogen and oxygen atoms in total. The summed E-state index contributed by atoms with van der Waals surface area (Å²) in [6.45, 7) is 6.49. The summed E-state index contributed by atoms with van der Waals surface area (Å²) >= 11 is 0. The van der Waals surface area contributed by atoms with Gasteiger partial charge in [-0.25, -0.2) is 0 Å². The van der Waals surface area contributed by atoms with Crippen molar-refractivity contribution in [2.75, 3.05) is 0 Å². The molecule has 0 spiro atoms. The topological polar surface area (TPSA) is 30.0 Å². The van der Waals surface area contributed by atoms with Crippen LogP contribution in [0.4, 0.5) is 0 Å². The van der Waals surface area contributed by atoms with E-state index in [0.29, 0.717) is 0 Å². The van der Waals surface area contributed by atoms with Crippen molar-refractivity contribution in [2.45, 2.75) is 40.0 Å². The number of carbonyl (C=O) groups is 1. The number of Topliss-reactive ketones (excluding diaryl/α,β-unsaturated/α-hetero) is 1. The molecule has 0 aliphatic heterocycles. The molecule has 1 aromatic carbocycles.